The molecule has 1 aromatic heterocycles. The maximum absolute atomic E-state index is 9.84. The first kappa shape index (κ1) is 17.9. The molecule has 0 saturated carbocycles. The molecule has 30 heavy (non-hydrogen) atoms. The summed E-state index contributed by atoms with van der Waals surface area (Å²) in [6.07, 6.45) is 0. The molecule has 0 saturated heterocycles. The number of ether oxygens (including phenoxy) is 4. The summed E-state index contributed by atoms with van der Waals surface area (Å²) in [5.41, 5.74) is 9.57. The fourth-order valence-corrected chi connectivity index (χ4v) is 3.78. The Morgan fingerprint density at radius 2 is 2.00 bits per heavy atom. The minimum atomic E-state index is -0.464. The van der Waals surface area contributed by atoms with Gasteiger partial charge in [0.25, 0.3) is 0 Å². The number of H-pyrrole nitrogens is 1. The van der Waals surface area contributed by atoms with Crippen LogP contribution in [0, 0.1) is 11.3 Å². The van der Waals surface area contributed by atoms with Crippen molar-refractivity contribution >= 4 is 0 Å². The number of aromatic amines is 1. The Morgan fingerprint density at radius 1 is 1.20 bits per heavy atom. The van der Waals surface area contributed by atoms with Crippen molar-refractivity contribution in [3.63, 3.8) is 0 Å². The lowest BCUT2D eigenvalue weighted by molar-refractivity contribution is 0.174. The number of fused-ring (bicyclic) bond motifs is 2. The predicted molar refractivity (Wildman–Crippen MR) is 107 cm³/mol. The number of rotatable bonds is 4. The van der Waals surface area contributed by atoms with Crippen LogP contribution in [0.1, 0.15) is 24.0 Å². The van der Waals surface area contributed by atoms with E-state index in [0.717, 1.165) is 28.1 Å². The molecule has 1 atom stereocenters. The zero-order valence-electron chi connectivity index (χ0n) is 16.1. The van der Waals surface area contributed by atoms with Gasteiger partial charge in [0.05, 0.1) is 23.8 Å². The first-order chi connectivity index (χ1) is 14.7. The maximum atomic E-state index is 9.84. The van der Waals surface area contributed by atoms with Crippen LogP contribution in [0.5, 0.6) is 23.1 Å². The van der Waals surface area contributed by atoms with E-state index in [1.54, 1.807) is 0 Å². The number of nitrogens with one attached hydrogen (secondary N) is 1. The van der Waals surface area contributed by atoms with Gasteiger partial charge >= 0.3 is 0 Å². The summed E-state index contributed by atoms with van der Waals surface area (Å²) in [4.78, 5) is 0. The molecule has 1 unspecified atom stereocenters. The van der Waals surface area contributed by atoms with E-state index in [1.807, 2.05) is 49.4 Å². The van der Waals surface area contributed by atoms with Crippen LogP contribution >= 0.6 is 0 Å². The van der Waals surface area contributed by atoms with E-state index in [1.165, 1.54) is 0 Å². The normalized spacial score (nSPS) is 16.6. The first-order valence-corrected chi connectivity index (χ1v) is 9.48. The van der Waals surface area contributed by atoms with Crippen LogP contribution in [0.2, 0.25) is 0 Å². The molecule has 150 valence electrons. The third-order valence-electron chi connectivity index (χ3n) is 5.12. The zero-order valence-corrected chi connectivity index (χ0v) is 16.1. The summed E-state index contributed by atoms with van der Waals surface area (Å²) >= 11 is 0. The summed E-state index contributed by atoms with van der Waals surface area (Å²) in [7, 11) is 0. The van der Waals surface area contributed by atoms with E-state index in [4.69, 9.17) is 24.7 Å². The van der Waals surface area contributed by atoms with Crippen molar-refractivity contribution in [2.75, 3.05) is 13.4 Å². The van der Waals surface area contributed by atoms with E-state index in [0.29, 0.717) is 29.6 Å². The van der Waals surface area contributed by atoms with Crippen LogP contribution in [0.3, 0.4) is 0 Å². The molecular weight excluding hydrogens is 384 g/mol. The summed E-state index contributed by atoms with van der Waals surface area (Å²) in [6.45, 7) is 2.70. The lowest BCUT2D eigenvalue weighted by Crippen LogP contribution is -2.21. The van der Waals surface area contributed by atoms with E-state index in [2.05, 4.69) is 16.3 Å². The highest BCUT2D eigenvalue weighted by Gasteiger charge is 2.36. The van der Waals surface area contributed by atoms with Crippen LogP contribution in [-0.2, 0) is 0 Å². The number of hydrogen-bond donors (Lipinski definition) is 2. The maximum Gasteiger partial charge on any atom is 0.244 e. The van der Waals surface area contributed by atoms with Crippen LogP contribution in [-0.4, -0.2) is 23.6 Å². The highest BCUT2D eigenvalue weighted by Crippen LogP contribution is 2.47. The number of nitrogens with zero attached hydrogens (tertiary/aromatic N) is 2. The molecule has 2 aliphatic heterocycles. The molecule has 2 aliphatic rings. The van der Waals surface area contributed by atoms with E-state index in [-0.39, 0.29) is 12.7 Å². The van der Waals surface area contributed by atoms with E-state index >= 15 is 0 Å². The average molecular weight is 402 g/mol. The van der Waals surface area contributed by atoms with Gasteiger partial charge < -0.3 is 24.7 Å². The van der Waals surface area contributed by atoms with Crippen molar-refractivity contribution in [1.29, 1.82) is 5.26 Å². The van der Waals surface area contributed by atoms with Crippen LogP contribution < -0.4 is 24.7 Å². The molecule has 3 N–H and O–H groups in total. The van der Waals surface area contributed by atoms with Crippen LogP contribution in [0.15, 0.2) is 53.9 Å². The topological polar surface area (TPSA) is 115 Å². The highest BCUT2D eigenvalue weighted by atomic mass is 16.7. The lowest BCUT2D eigenvalue weighted by atomic mass is 9.83. The van der Waals surface area contributed by atoms with Crippen LogP contribution in [0.25, 0.3) is 11.3 Å². The molecule has 5 rings (SSSR count). The molecule has 8 nitrogen and oxygen atoms in total. The fourth-order valence-electron chi connectivity index (χ4n) is 3.78. The van der Waals surface area contributed by atoms with E-state index < -0.39 is 5.92 Å². The van der Waals surface area contributed by atoms with Gasteiger partial charge in [0.1, 0.15) is 17.4 Å². The van der Waals surface area contributed by atoms with Crippen molar-refractivity contribution in [2.45, 2.75) is 12.8 Å². The van der Waals surface area contributed by atoms with Gasteiger partial charge in [-0.1, -0.05) is 6.07 Å². The van der Waals surface area contributed by atoms with Gasteiger partial charge in [-0.2, -0.15) is 5.26 Å². The molecule has 3 heterocycles. The number of nitriles is 1. The fraction of sp³-hybridized carbons (Fsp3) is 0.182. The zero-order chi connectivity index (χ0) is 20.7. The number of aromatic nitrogens is 2. The van der Waals surface area contributed by atoms with Crippen molar-refractivity contribution in [3.05, 3.63) is 65.0 Å². The van der Waals surface area contributed by atoms with Gasteiger partial charge in [-0.25, -0.2) is 0 Å². The van der Waals surface area contributed by atoms with Crippen LogP contribution in [0.4, 0.5) is 0 Å². The number of hydrogen-bond acceptors (Lipinski definition) is 7. The molecular formula is C22H18N4O4. The molecule has 0 radical (unpaired) electrons. The summed E-state index contributed by atoms with van der Waals surface area (Å²) < 4.78 is 22.1. The monoisotopic (exact) mass is 402 g/mol. The first-order valence-electron chi connectivity index (χ1n) is 9.48. The van der Waals surface area contributed by atoms with Gasteiger partial charge in [-0.05, 0) is 48.9 Å². The third-order valence-corrected chi connectivity index (χ3v) is 5.12. The molecule has 0 fully saturated rings. The van der Waals surface area contributed by atoms with Gasteiger partial charge in [-0.3, -0.25) is 5.10 Å². The number of nitrogens with two attached hydrogens (primary N) is 1. The highest BCUT2D eigenvalue weighted by molar-refractivity contribution is 5.71. The Labute approximate surface area is 172 Å². The SMILES string of the molecule is CCOc1ccc(-c2[nH]nc3c2C(c2ccc4c(c2)OCO4)C(C#N)=C(N)O3)cc1. The Bertz CT molecular complexity index is 1190. The largest absolute Gasteiger partial charge is 0.494 e. The lowest BCUT2D eigenvalue weighted by Gasteiger charge is -2.24. The van der Waals surface area contributed by atoms with Gasteiger partial charge in [0.2, 0.25) is 18.6 Å². The second kappa shape index (κ2) is 7.04. The third kappa shape index (κ3) is 2.79. The Balaban J connectivity index is 1.65. The minimum Gasteiger partial charge on any atom is -0.494 e. The molecule has 0 bridgehead atoms. The second-order valence-electron chi connectivity index (χ2n) is 6.81. The number of benzene rings is 2. The standard InChI is InChI=1S/C22H18N4O4/c1-2-27-14-6-3-12(4-7-14)20-19-18(13-5-8-16-17(9-13)29-11-28-16)15(10-23)21(24)30-22(19)26-25-20/h3-9,18H,2,11,24H2,1H3,(H,25,26). The second-order valence-corrected chi connectivity index (χ2v) is 6.81. The molecule has 0 aliphatic carbocycles. The molecule has 0 amide bonds. The minimum absolute atomic E-state index is 0.0393. The molecule has 0 spiro atoms. The smallest absolute Gasteiger partial charge is 0.244 e. The summed E-state index contributed by atoms with van der Waals surface area (Å²) in [5, 5.41) is 17.2. The Kier molecular flexibility index (Phi) is 4.21. The van der Waals surface area contributed by atoms with Crippen molar-refractivity contribution < 1.29 is 18.9 Å². The van der Waals surface area contributed by atoms with E-state index in [9.17, 15) is 5.26 Å². The van der Waals surface area contributed by atoms with Gasteiger partial charge in [-0.15, -0.1) is 5.10 Å². The molecule has 3 aromatic rings. The van der Waals surface area contributed by atoms with Crippen molar-refractivity contribution in [1.82, 2.24) is 10.2 Å². The quantitative estimate of drug-likeness (QED) is 0.687. The van der Waals surface area contributed by atoms with Gasteiger partial charge in [0.15, 0.2) is 11.5 Å². The summed E-state index contributed by atoms with van der Waals surface area (Å²) in [5.74, 6) is 1.99. The molecule has 2 aromatic carbocycles. The Hall–Kier alpha value is -4.12. The predicted octanol–water partition coefficient (Wildman–Crippen LogP) is 3.42. The average Bonchev–Trinajstić information content (AvgIpc) is 3.40. The molecule has 8 heteroatoms. The number of allylic oxidation sites excluding steroid dienone is 1. The Morgan fingerprint density at radius 3 is 2.77 bits per heavy atom. The van der Waals surface area contributed by atoms with Gasteiger partial charge in [0, 0.05) is 5.56 Å². The van der Waals surface area contributed by atoms with Crippen molar-refractivity contribution in [2.24, 2.45) is 5.73 Å². The van der Waals surface area contributed by atoms with Crippen molar-refractivity contribution in [3.8, 4) is 40.5 Å². The summed E-state index contributed by atoms with van der Waals surface area (Å²) in [6, 6.07) is 15.4.